The topological polar surface area (TPSA) is 43.4 Å². The van der Waals surface area contributed by atoms with E-state index < -0.39 is 10.1 Å². The van der Waals surface area contributed by atoms with Crippen LogP contribution in [0.15, 0.2) is 11.6 Å². The molecule has 3 nitrogen and oxygen atoms in total. The Morgan fingerprint density at radius 1 is 1.50 bits per heavy atom. The van der Waals surface area contributed by atoms with E-state index in [2.05, 4.69) is 11.1 Å². The molecule has 0 fully saturated rings. The molecule has 0 aromatic rings. The molecule has 0 atom stereocenters. The molecule has 0 saturated heterocycles. The molecule has 0 rings (SSSR count). The zero-order valence-electron chi connectivity index (χ0n) is 7.83. The maximum absolute atomic E-state index is 10.5. The number of hydrogen-bond acceptors (Lipinski definition) is 3. The van der Waals surface area contributed by atoms with Crippen molar-refractivity contribution in [3.63, 3.8) is 0 Å². The molecule has 0 aliphatic rings. The van der Waals surface area contributed by atoms with E-state index in [-0.39, 0.29) is 6.61 Å². The average Bonchev–Trinajstić information content (AvgIpc) is 1.96. The van der Waals surface area contributed by atoms with Crippen LogP contribution in [-0.4, -0.2) is 21.3 Å². The second-order valence-electron chi connectivity index (χ2n) is 2.72. The molecule has 0 aromatic carbocycles. The Morgan fingerprint density at radius 2 is 2.08 bits per heavy atom. The minimum atomic E-state index is -3.26. The van der Waals surface area contributed by atoms with Crippen LogP contribution < -0.4 is 0 Å². The van der Waals surface area contributed by atoms with Gasteiger partial charge in [-0.1, -0.05) is 18.6 Å². The molecule has 0 unspecified atom stereocenters. The van der Waals surface area contributed by atoms with Crippen molar-refractivity contribution < 1.29 is 12.6 Å². The summed E-state index contributed by atoms with van der Waals surface area (Å²) >= 11 is 0. The highest BCUT2D eigenvalue weighted by Crippen LogP contribution is 2.00. The smallest absolute Gasteiger partial charge is 0.264 e. The Balaban J connectivity index is 3.59. The van der Waals surface area contributed by atoms with Crippen LogP contribution in [0.1, 0.15) is 26.7 Å². The van der Waals surface area contributed by atoms with Crippen molar-refractivity contribution >= 4 is 10.1 Å². The summed E-state index contributed by atoms with van der Waals surface area (Å²) in [6, 6.07) is 0. The van der Waals surface area contributed by atoms with Gasteiger partial charge in [-0.05, 0) is 19.8 Å². The van der Waals surface area contributed by atoms with Crippen LogP contribution in [0.2, 0.25) is 0 Å². The normalized spacial score (nSPS) is 13.4. The predicted octanol–water partition coefficient (Wildman–Crippen LogP) is 1.71. The first-order valence-electron chi connectivity index (χ1n) is 3.95. The summed E-state index contributed by atoms with van der Waals surface area (Å²) in [5.74, 6) is 0. The van der Waals surface area contributed by atoms with Gasteiger partial charge < -0.3 is 0 Å². The van der Waals surface area contributed by atoms with Gasteiger partial charge in [-0.2, -0.15) is 8.42 Å². The number of rotatable bonds is 5. The Hall–Kier alpha value is -0.350. The standard InChI is InChI=1S/C8H16O3S/c1-4-8(2)6-5-7-11-12(3,9)10/h6H,4-5,7H2,1-3H3. The van der Waals surface area contributed by atoms with Crippen molar-refractivity contribution in [1.29, 1.82) is 0 Å². The maximum Gasteiger partial charge on any atom is 0.264 e. The van der Waals surface area contributed by atoms with E-state index in [0.29, 0.717) is 6.42 Å². The molecule has 0 bridgehead atoms. The fourth-order valence-electron chi connectivity index (χ4n) is 0.649. The SMILES string of the molecule is CCC(C)=CCCOS(C)(=O)=O. The van der Waals surface area contributed by atoms with E-state index in [1.807, 2.05) is 13.0 Å². The summed E-state index contributed by atoms with van der Waals surface area (Å²) in [4.78, 5) is 0. The summed E-state index contributed by atoms with van der Waals surface area (Å²) < 4.78 is 25.6. The highest BCUT2D eigenvalue weighted by atomic mass is 32.2. The maximum atomic E-state index is 10.5. The van der Waals surface area contributed by atoms with E-state index >= 15 is 0 Å². The van der Waals surface area contributed by atoms with Crippen molar-refractivity contribution in [3.8, 4) is 0 Å². The highest BCUT2D eigenvalue weighted by molar-refractivity contribution is 7.85. The third kappa shape index (κ3) is 7.75. The molecular formula is C8H16O3S. The van der Waals surface area contributed by atoms with Gasteiger partial charge in [-0.25, -0.2) is 0 Å². The molecule has 0 aliphatic carbocycles. The largest absolute Gasteiger partial charge is 0.270 e. The summed E-state index contributed by atoms with van der Waals surface area (Å²) in [5, 5.41) is 0. The molecule has 0 saturated carbocycles. The third-order valence-corrected chi connectivity index (χ3v) is 2.06. The van der Waals surface area contributed by atoms with Crippen LogP contribution in [-0.2, 0) is 14.3 Å². The first-order chi connectivity index (χ1) is 5.45. The molecule has 4 heteroatoms. The van der Waals surface area contributed by atoms with Crippen molar-refractivity contribution in [2.45, 2.75) is 26.7 Å². The van der Waals surface area contributed by atoms with Crippen LogP contribution in [0.3, 0.4) is 0 Å². The average molecular weight is 192 g/mol. The van der Waals surface area contributed by atoms with Gasteiger partial charge in [-0.15, -0.1) is 0 Å². The van der Waals surface area contributed by atoms with Crippen LogP contribution in [0.4, 0.5) is 0 Å². The quantitative estimate of drug-likeness (QED) is 0.378. The van der Waals surface area contributed by atoms with Gasteiger partial charge in [0.1, 0.15) is 0 Å². The second kappa shape index (κ2) is 5.32. The van der Waals surface area contributed by atoms with Gasteiger partial charge in [0.25, 0.3) is 10.1 Å². The zero-order valence-corrected chi connectivity index (χ0v) is 8.65. The molecule has 0 spiro atoms. The molecule has 0 aromatic heterocycles. The molecule has 0 amide bonds. The fourth-order valence-corrected chi connectivity index (χ4v) is 1.05. The van der Waals surface area contributed by atoms with Crippen LogP contribution in [0.25, 0.3) is 0 Å². The Morgan fingerprint density at radius 3 is 2.50 bits per heavy atom. The number of allylic oxidation sites excluding steroid dienone is 1. The summed E-state index contributed by atoms with van der Waals surface area (Å²) in [6.07, 6.45) is 4.71. The Labute approximate surface area is 74.6 Å². The highest BCUT2D eigenvalue weighted by Gasteiger charge is 1.98. The van der Waals surface area contributed by atoms with Gasteiger partial charge in [0.2, 0.25) is 0 Å². The van der Waals surface area contributed by atoms with Gasteiger partial charge in [0, 0.05) is 0 Å². The lowest BCUT2D eigenvalue weighted by Gasteiger charge is -1.98. The van der Waals surface area contributed by atoms with E-state index in [0.717, 1.165) is 12.7 Å². The van der Waals surface area contributed by atoms with Gasteiger partial charge in [-0.3, -0.25) is 4.18 Å². The lowest BCUT2D eigenvalue weighted by atomic mass is 10.2. The minimum Gasteiger partial charge on any atom is -0.270 e. The van der Waals surface area contributed by atoms with Crippen molar-refractivity contribution in [2.24, 2.45) is 0 Å². The lowest BCUT2D eigenvalue weighted by molar-refractivity contribution is 0.328. The number of hydrogen-bond donors (Lipinski definition) is 0. The summed E-state index contributed by atoms with van der Waals surface area (Å²) in [6.45, 7) is 4.32. The van der Waals surface area contributed by atoms with Crippen molar-refractivity contribution in [1.82, 2.24) is 0 Å². The molecule has 72 valence electrons. The lowest BCUT2D eigenvalue weighted by Crippen LogP contribution is -2.03. The van der Waals surface area contributed by atoms with Crippen LogP contribution >= 0.6 is 0 Å². The van der Waals surface area contributed by atoms with E-state index in [9.17, 15) is 8.42 Å². The summed E-state index contributed by atoms with van der Waals surface area (Å²) in [5.41, 5.74) is 1.26. The fraction of sp³-hybridized carbons (Fsp3) is 0.750. The van der Waals surface area contributed by atoms with Crippen molar-refractivity contribution in [3.05, 3.63) is 11.6 Å². The molecule has 0 aliphatic heterocycles. The Kier molecular flexibility index (Phi) is 5.17. The van der Waals surface area contributed by atoms with Crippen molar-refractivity contribution in [2.75, 3.05) is 12.9 Å². The summed E-state index contributed by atoms with van der Waals surface area (Å²) in [7, 11) is -3.26. The molecule has 0 heterocycles. The molecular weight excluding hydrogens is 176 g/mol. The molecule has 0 N–H and O–H groups in total. The van der Waals surface area contributed by atoms with E-state index in [1.165, 1.54) is 5.57 Å². The monoisotopic (exact) mass is 192 g/mol. The van der Waals surface area contributed by atoms with Gasteiger partial charge >= 0.3 is 0 Å². The molecule has 12 heavy (non-hydrogen) atoms. The minimum absolute atomic E-state index is 0.246. The molecule has 0 radical (unpaired) electrons. The van der Waals surface area contributed by atoms with E-state index in [4.69, 9.17) is 0 Å². The van der Waals surface area contributed by atoms with E-state index in [1.54, 1.807) is 0 Å². The first kappa shape index (κ1) is 11.6. The van der Waals surface area contributed by atoms with Crippen LogP contribution in [0.5, 0.6) is 0 Å². The third-order valence-electron chi connectivity index (χ3n) is 1.47. The van der Waals surface area contributed by atoms with Gasteiger partial charge in [0.15, 0.2) is 0 Å². The van der Waals surface area contributed by atoms with Gasteiger partial charge in [0.05, 0.1) is 12.9 Å². The zero-order chi connectivity index (χ0) is 9.61. The Bertz CT molecular complexity index is 239. The van der Waals surface area contributed by atoms with Crippen LogP contribution in [0, 0.1) is 0 Å². The predicted molar refractivity (Wildman–Crippen MR) is 49.5 cm³/mol. The first-order valence-corrected chi connectivity index (χ1v) is 5.77. The second-order valence-corrected chi connectivity index (χ2v) is 4.36.